The van der Waals surface area contributed by atoms with Gasteiger partial charge in [0.25, 0.3) is 0 Å². The maximum atomic E-state index is 13.3. The second kappa shape index (κ2) is 17.0. The molecule has 0 unspecified atom stereocenters. The number of hydrogen-bond donors (Lipinski definition) is 9. The van der Waals surface area contributed by atoms with Gasteiger partial charge in [-0.15, -0.1) is 0 Å². The third-order valence-corrected chi connectivity index (χ3v) is 6.27. The van der Waals surface area contributed by atoms with Crippen molar-refractivity contribution in [2.45, 2.75) is 82.6 Å². The summed E-state index contributed by atoms with van der Waals surface area (Å²) in [5, 5.41) is 34.8. The number of nitrogens with zero attached hydrogens (tertiary/aromatic N) is 2. The molecule has 1 aliphatic heterocycles. The van der Waals surface area contributed by atoms with E-state index in [0.29, 0.717) is 12.8 Å². The van der Waals surface area contributed by atoms with Crippen LogP contribution in [0.2, 0.25) is 0 Å². The van der Waals surface area contributed by atoms with Gasteiger partial charge in [-0.3, -0.25) is 29.0 Å². The summed E-state index contributed by atoms with van der Waals surface area (Å²) in [6.45, 7) is 3.00. The Labute approximate surface area is 237 Å². The van der Waals surface area contributed by atoms with E-state index in [1.165, 1.54) is 0 Å². The lowest BCUT2D eigenvalue weighted by atomic mass is 10.0. The van der Waals surface area contributed by atoms with Crippen LogP contribution in [0.5, 0.6) is 0 Å². The Morgan fingerprint density at radius 1 is 0.976 bits per heavy atom. The maximum absolute atomic E-state index is 13.3. The maximum Gasteiger partial charge on any atom is 0.328 e. The van der Waals surface area contributed by atoms with Gasteiger partial charge in [-0.05, 0) is 38.0 Å². The number of aliphatic hydroxyl groups is 1. The summed E-state index contributed by atoms with van der Waals surface area (Å²) in [7, 11) is 0. The highest BCUT2D eigenvalue weighted by Crippen LogP contribution is 2.20. The van der Waals surface area contributed by atoms with Crippen LogP contribution in [0.25, 0.3) is 0 Å². The summed E-state index contributed by atoms with van der Waals surface area (Å²) in [5.41, 5.74) is 16.5. The molecule has 1 saturated heterocycles. The zero-order valence-electron chi connectivity index (χ0n) is 23.2. The van der Waals surface area contributed by atoms with Gasteiger partial charge < -0.3 is 53.4 Å². The fraction of sp³-hybridized carbons (Fsp3) is 0.708. The molecular weight excluding hydrogens is 544 g/mol. The topological polar surface area (TPSA) is 293 Å². The van der Waals surface area contributed by atoms with Gasteiger partial charge in [0, 0.05) is 13.1 Å². The van der Waals surface area contributed by atoms with Crippen LogP contribution in [0, 0.1) is 5.92 Å². The quantitative estimate of drug-likeness (QED) is 0.0454. The van der Waals surface area contributed by atoms with Crippen LogP contribution in [-0.4, -0.2) is 112 Å². The molecule has 17 heteroatoms. The molecule has 0 aromatic carbocycles. The largest absolute Gasteiger partial charge is 0.481 e. The fourth-order valence-electron chi connectivity index (χ4n) is 4.27. The van der Waals surface area contributed by atoms with E-state index in [0.717, 1.165) is 4.90 Å². The van der Waals surface area contributed by atoms with Crippen LogP contribution in [0.4, 0.5) is 0 Å². The van der Waals surface area contributed by atoms with Crippen LogP contribution in [0.1, 0.15) is 52.4 Å². The van der Waals surface area contributed by atoms with Gasteiger partial charge in [-0.2, -0.15) is 0 Å². The van der Waals surface area contributed by atoms with E-state index in [9.17, 15) is 39.0 Å². The van der Waals surface area contributed by atoms with E-state index in [2.05, 4.69) is 20.9 Å². The second-order valence-electron chi connectivity index (χ2n) is 10.2. The molecule has 0 spiro atoms. The molecule has 4 amide bonds. The molecule has 12 N–H and O–H groups in total. The number of likely N-dealkylation sites (tertiary alicyclic amines) is 1. The Hall–Kier alpha value is -3.99. The predicted octanol–water partition coefficient (Wildman–Crippen LogP) is -3.59. The summed E-state index contributed by atoms with van der Waals surface area (Å²) in [4.78, 5) is 79.6. The van der Waals surface area contributed by atoms with Gasteiger partial charge in [-0.1, -0.05) is 13.8 Å². The molecule has 5 atom stereocenters. The average molecular weight is 587 g/mol. The number of rotatable bonds is 17. The third kappa shape index (κ3) is 12.0. The Morgan fingerprint density at radius 3 is 2.15 bits per heavy atom. The van der Waals surface area contributed by atoms with Crippen LogP contribution in [0.3, 0.4) is 0 Å². The minimum atomic E-state index is -1.62. The Bertz CT molecular complexity index is 986. The molecule has 0 radical (unpaired) electrons. The van der Waals surface area contributed by atoms with E-state index in [1.807, 2.05) is 13.8 Å². The third-order valence-electron chi connectivity index (χ3n) is 6.27. The van der Waals surface area contributed by atoms with Gasteiger partial charge in [0.15, 0.2) is 5.96 Å². The fourth-order valence-corrected chi connectivity index (χ4v) is 4.27. The van der Waals surface area contributed by atoms with Crippen molar-refractivity contribution >= 4 is 41.5 Å². The van der Waals surface area contributed by atoms with Crippen molar-refractivity contribution in [3.05, 3.63) is 0 Å². The minimum Gasteiger partial charge on any atom is -0.481 e. The SMILES string of the molecule is CC(C)C[C@H](N)C(=O)N[C@@H](CC(=O)O)C(=O)N1CCC[C@H]1C(=O)N[C@@H](CCCN=C(N)N)C(=O)N[C@@H](CO)C(=O)O. The first kappa shape index (κ1) is 35.0. The Kier molecular flexibility index (Phi) is 14.5. The molecule has 41 heavy (non-hydrogen) atoms. The smallest absolute Gasteiger partial charge is 0.328 e. The molecule has 0 bridgehead atoms. The summed E-state index contributed by atoms with van der Waals surface area (Å²) in [5.74, 6) is -6.09. The number of nitrogens with one attached hydrogen (secondary N) is 3. The molecule has 0 saturated carbocycles. The lowest BCUT2D eigenvalue weighted by Crippen LogP contribution is -2.58. The van der Waals surface area contributed by atoms with E-state index in [4.69, 9.17) is 22.3 Å². The zero-order chi connectivity index (χ0) is 31.3. The molecule has 232 valence electrons. The van der Waals surface area contributed by atoms with Gasteiger partial charge in [-0.25, -0.2) is 4.79 Å². The number of aliphatic carboxylic acids is 2. The van der Waals surface area contributed by atoms with E-state index < -0.39 is 78.8 Å². The molecular formula is C24H42N8O9. The van der Waals surface area contributed by atoms with Crippen molar-refractivity contribution in [3.63, 3.8) is 0 Å². The monoisotopic (exact) mass is 586 g/mol. The van der Waals surface area contributed by atoms with E-state index >= 15 is 0 Å². The first-order valence-corrected chi connectivity index (χ1v) is 13.3. The lowest BCUT2D eigenvalue weighted by molar-refractivity contribution is -0.146. The lowest BCUT2D eigenvalue weighted by Gasteiger charge is -2.30. The highest BCUT2D eigenvalue weighted by molar-refractivity contribution is 5.97. The number of aliphatic hydroxyl groups excluding tert-OH is 1. The molecule has 0 aromatic heterocycles. The molecule has 0 aliphatic carbocycles. The summed E-state index contributed by atoms with van der Waals surface area (Å²) in [6, 6.07) is -6.44. The molecule has 1 heterocycles. The number of aliphatic imine (C=N–C) groups is 1. The standard InChI is InChI=1S/C24H42N8O9/c1-12(2)9-13(25)19(36)30-15(10-18(34)35)22(39)32-8-4-6-17(32)21(38)29-14(5-3-7-28-24(26)27)20(37)31-16(11-33)23(40)41/h12-17,33H,3-11,25H2,1-2H3,(H,29,38)(H,30,36)(H,31,37)(H,34,35)(H,40,41)(H4,26,27,28)/t13-,14-,15-,16-,17-/m0/s1. The minimum absolute atomic E-state index is 0.0157. The van der Waals surface area contributed by atoms with Crippen molar-refractivity contribution in [1.29, 1.82) is 0 Å². The number of hydrogen-bond acceptors (Lipinski definition) is 9. The summed E-state index contributed by atoms with van der Waals surface area (Å²) in [6.07, 6.45) is 0.339. The summed E-state index contributed by atoms with van der Waals surface area (Å²) >= 11 is 0. The normalized spacial score (nSPS) is 17.6. The molecule has 1 fully saturated rings. The van der Waals surface area contributed by atoms with E-state index in [-0.39, 0.29) is 44.2 Å². The van der Waals surface area contributed by atoms with Crippen LogP contribution < -0.4 is 33.2 Å². The highest BCUT2D eigenvalue weighted by atomic mass is 16.4. The number of amides is 4. The molecule has 1 aliphatic rings. The van der Waals surface area contributed by atoms with Crippen LogP contribution in [0.15, 0.2) is 4.99 Å². The van der Waals surface area contributed by atoms with Crippen molar-refractivity contribution in [2.75, 3.05) is 19.7 Å². The number of carboxylic acids is 2. The number of carbonyl (C=O) groups is 6. The zero-order valence-corrected chi connectivity index (χ0v) is 23.2. The van der Waals surface area contributed by atoms with Crippen molar-refractivity contribution < 1.29 is 44.1 Å². The van der Waals surface area contributed by atoms with Crippen LogP contribution >= 0.6 is 0 Å². The number of guanidine groups is 1. The van der Waals surface area contributed by atoms with Gasteiger partial charge in [0.2, 0.25) is 23.6 Å². The Morgan fingerprint density at radius 2 is 1.61 bits per heavy atom. The van der Waals surface area contributed by atoms with Crippen molar-refractivity contribution in [3.8, 4) is 0 Å². The Balaban J connectivity index is 3.08. The van der Waals surface area contributed by atoms with Gasteiger partial charge >= 0.3 is 11.9 Å². The first-order chi connectivity index (χ1) is 19.2. The summed E-state index contributed by atoms with van der Waals surface area (Å²) < 4.78 is 0. The second-order valence-corrected chi connectivity index (χ2v) is 10.2. The number of nitrogens with two attached hydrogens (primary N) is 3. The number of carbonyl (C=O) groups excluding carboxylic acids is 4. The average Bonchev–Trinajstić information content (AvgIpc) is 3.37. The van der Waals surface area contributed by atoms with Crippen molar-refractivity contribution in [2.24, 2.45) is 28.1 Å². The van der Waals surface area contributed by atoms with Crippen LogP contribution in [-0.2, 0) is 28.8 Å². The first-order valence-electron chi connectivity index (χ1n) is 13.3. The predicted molar refractivity (Wildman–Crippen MR) is 145 cm³/mol. The number of carboxylic acid groups (broad SMARTS) is 2. The highest BCUT2D eigenvalue weighted by Gasteiger charge is 2.40. The molecule has 0 aromatic rings. The van der Waals surface area contributed by atoms with Crippen molar-refractivity contribution in [1.82, 2.24) is 20.9 Å². The van der Waals surface area contributed by atoms with E-state index in [1.54, 1.807) is 0 Å². The van der Waals surface area contributed by atoms with Gasteiger partial charge in [0.05, 0.1) is 19.1 Å². The van der Waals surface area contributed by atoms with Gasteiger partial charge in [0.1, 0.15) is 24.2 Å². The molecule has 17 nitrogen and oxygen atoms in total. The molecule has 1 rings (SSSR count).